The maximum absolute atomic E-state index is 11.8. The summed E-state index contributed by atoms with van der Waals surface area (Å²) in [5.74, 6) is 0.205. The second-order valence-corrected chi connectivity index (χ2v) is 5.22. The molecule has 0 spiro atoms. The highest BCUT2D eigenvalue weighted by Crippen LogP contribution is 2.23. The van der Waals surface area contributed by atoms with Crippen molar-refractivity contribution in [2.75, 3.05) is 6.54 Å². The van der Waals surface area contributed by atoms with Crippen molar-refractivity contribution < 1.29 is 15.0 Å². The number of rotatable bonds is 4. The Labute approximate surface area is 113 Å². The molecule has 1 aromatic carbocycles. The molecule has 19 heavy (non-hydrogen) atoms. The van der Waals surface area contributed by atoms with Crippen molar-refractivity contribution in [3.63, 3.8) is 0 Å². The molecule has 4 nitrogen and oxygen atoms in total. The topological polar surface area (TPSA) is 69.6 Å². The number of phenols is 1. The highest BCUT2D eigenvalue weighted by atomic mass is 16.3. The number of aliphatic hydroxyl groups is 1. The number of carbonyl (C=O) groups excluding carboxylic acids is 1. The van der Waals surface area contributed by atoms with Gasteiger partial charge >= 0.3 is 0 Å². The molecule has 2 atom stereocenters. The van der Waals surface area contributed by atoms with Gasteiger partial charge in [-0.3, -0.25) is 4.79 Å². The summed E-state index contributed by atoms with van der Waals surface area (Å²) in [4.78, 5) is 11.8. The fraction of sp³-hybridized carbons (Fsp3) is 0.533. The molecule has 2 rings (SSSR count). The number of amides is 1. The van der Waals surface area contributed by atoms with Gasteiger partial charge in [0.15, 0.2) is 0 Å². The first-order valence-corrected chi connectivity index (χ1v) is 6.88. The van der Waals surface area contributed by atoms with E-state index in [9.17, 15) is 15.0 Å². The third kappa shape index (κ3) is 3.96. The van der Waals surface area contributed by atoms with E-state index in [-0.39, 0.29) is 30.1 Å². The summed E-state index contributed by atoms with van der Waals surface area (Å²) in [5, 5.41) is 22.3. The minimum Gasteiger partial charge on any atom is -0.508 e. The molecule has 1 fully saturated rings. The van der Waals surface area contributed by atoms with Gasteiger partial charge in [-0.05, 0) is 18.9 Å². The monoisotopic (exact) mass is 263 g/mol. The smallest absolute Gasteiger partial charge is 0.224 e. The highest BCUT2D eigenvalue weighted by Gasteiger charge is 2.23. The number of hydrogen-bond acceptors (Lipinski definition) is 3. The van der Waals surface area contributed by atoms with Crippen LogP contribution in [-0.4, -0.2) is 28.8 Å². The molecule has 0 unspecified atom stereocenters. The summed E-state index contributed by atoms with van der Waals surface area (Å²) < 4.78 is 0. The number of para-hydroxylation sites is 1. The van der Waals surface area contributed by atoms with Crippen LogP contribution in [0, 0.1) is 5.92 Å². The van der Waals surface area contributed by atoms with E-state index >= 15 is 0 Å². The number of benzene rings is 1. The molecule has 104 valence electrons. The Bertz CT molecular complexity index is 433. The minimum absolute atomic E-state index is 0.112. The first kappa shape index (κ1) is 13.9. The first-order chi connectivity index (χ1) is 9.16. The summed E-state index contributed by atoms with van der Waals surface area (Å²) in [5.41, 5.74) is 0.629. The molecule has 0 radical (unpaired) electrons. The van der Waals surface area contributed by atoms with Gasteiger partial charge in [-0.25, -0.2) is 0 Å². The van der Waals surface area contributed by atoms with Crippen LogP contribution in [0.5, 0.6) is 5.75 Å². The molecule has 1 aromatic rings. The van der Waals surface area contributed by atoms with E-state index in [4.69, 9.17) is 0 Å². The lowest BCUT2D eigenvalue weighted by molar-refractivity contribution is -0.120. The molecule has 1 aliphatic rings. The van der Waals surface area contributed by atoms with Crippen molar-refractivity contribution in [1.29, 1.82) is 0 Å². The van der Waals surface area contributed by atoms with Crippen molar-refractivity contribution in [3.05, 3.63) is 29.8 Å². The third-order valence-electron chi connectivity index (χ3n) is 3.77. The van der Waals surface area contributed by atoms with Gasteiger partial charge in [0.25, 0.3) is 0 Å². The third-order valence-corrected chi connectivity index (χ3v) is 3.77. The number of nitrogens with one attached hydrogen (secondary N) is 1. The Morgan fingerprint density at radius 2 is 2.00 bits per heavy atom. The summed E-state index contributed by atoms with van der Waals surface area (Å²) in [7, 11) is 0. The van der Waals surface area contributed by atoms with Crippen LogP contribution in [0.25, 0.3) is 0 Å². The quantitative estimate of drug-likeness (QED) is 0.773. The van der Waals surface area contributed by atoms with E-state index in [1.165, 1.54) is 0 Å². The predicted octanol–water partition coefficient (Wildman–Crippen LogP) is 1.60. The van der Waals surface area contributed by atoms with Gasteiger partial charge in [-0.2, -0.15) is 0 Å². The molecular formula is C15H21NO3. The van der Waals surface area contributed by atoms with Gasteiger partial charge in [0.05, 0.1) is 12.5 Å². The van der Waals surface area contributed by atoms with Crippen molar-refractivity contribution in [3.8, 4) is 5.75 Å². The lowest BCUT2D eigenvalue weighted by Gasteiger charge is -2.27. The number of carbonyl (C=O) groups is 1. The van der Waals surface area contributed by atoms with E-state index in [0.29, 0.717) is 12.1 Å². The first-order valence-electron chi connectivity index (χ1n) is 6.88. The SMILES string of the molecule is O=C(Cc1ccccc1O)NC[C@H]1CCCC[C@H]1O. The molecule has 0 aliphatic heterocycles. The molecule has 1 aliphatic carbocycles. The normalized spacial score (nSPS) is 23.0. The average Bonchev–Trinajstić information content (AvgIpc) is 2.40. The van der Waals surface area contributed by atoms with E-state index in [0.717, 1.165) is 25.7 Å². The Balaban J connectivity index is 1.80. The number of hydrogen-bond donors (Lipinski definition) is 3. The Morgan fingerprint density at radius 1 is 1.26 bits per heavy atom. The fourth-order valence-electron chi connectivity index (χ4n) is 2.57. The maximum atomic E-state index is 11.8. The largest absolute Gasteiger partial charge is 0.508 e. The van der Waals surface area contributed by atoms with E-state index in [1.54, 1.807) is 24.3 Å². The van der Waals surface area contributed by atoms with Gasteiger partial charge < -0.3 is 15.5 Å². The molecule has 0 aromatic heterocycles. The molecule has 4 heteroatoms. The summed E-state index contributed by atoms with van der Waals surface area (Å²) in [6, 6.07) is 6.85. The second-order valence-electron chi connectivity index (χ2n) is 5.22. The van der Waals surface area contributed by atoms with Gasteiger partial charge in [0.1, 0.15) is 5.75 Å². The average molecular weight is 263 g/mol. The fourth-order valence-corrected chi connectivity index (χ4v) is 2.57. The standard InChI is InChI=1S/C15H21NO3/c17-13-7-3-1-5-11(13)9-15(19)16-10-12-6-2-4-8-14(12)18/h1,3,5,7,12,14,17-18H,2,4,6,8-10H2,(H,16,19)/t12-,14-/m1/s1. The highest BCUT2D eigenvalue weighted by molar-refractivity contribution is 5.79. The van der Waals surface area contributed by atoms with E-state index < -0.39 is 0 Å². The molecule has 1 saturated carbocycles. The zero-order valence-corrected chi connectivity index (χ0v) is 11.0. The van der Waals surface area contributed by atoms with E-state index in [2.05, 4.69) is 5.32 Å². The van der Waals surface area contributed by atoms with E-state index in [1.807, 2.05) is 0 Å². The Morgan fingerprint density at radius 3 is 2.74 bits per heavy atom. The summed E-state index contributed by atoms with van der Waals surface area (Å²) in [6.45, 7) is 0.521. The Hall–Kier alpha value is -1.55. The number of aromatic hydroxyl groups is 1. The van der Waals surface area contributed by atoms with Crippen LogP contribution >= 0.6 is 0 Å². The van der Waals surface area contributed by atoms with Crippen molar-refractivity contribution in [2.24, 2.45) is 5.92 Å². The molecule has 0 heterocycles. The van der Waals surface area contributed by atoms with Gasteiger partial charge in [-0.1, -0.05) is 31.0 Å². The van der Waals surface area contributed by atoms with Crippen molar-refractivity contribution in [2.45, 2.75) is 38.2 Å². The molecule has 3 N–H and O–H groups in total. The van der Waals surface area contributed by atoms with Crippen molar-refractivity contribution in [1.82, 2.24) is 5.32 Å². The van der Waals surface area contributed by atoms with Crippen LogP contribution in [0.1, 0.15) is 31.2 Å². The summed E-state index contributed by atoms with van der Waals surface area (Å²) >= 11 is 0. The van der Waals surface area contributed by atoms with Gasteiger partial charge in [0.2, 0.25) is 5.91 Å². The van der Waals surface area contributed by atoms with Crippen LogP contribution in [0.3, 0.4) is 0 Å². The van der Waals surface area contributed by atoms with Crippen LogP contribution in [0.2, 0.25) is 0 Å². The van der Waals surface area contributed by atoms with Crippen molar-refractivity contribution >= 4 is 5.91 Å². The summed E-state index contributed by atoms with van der Waals surface area (Å²) in [6.07, 6.45) is 3.88. The minimum atomic E-state index is -0.292. The van der Waals surface area contributed by atoms with Crippen LogP contribution in [0.4, 0.5) is 0 Å². The van der Waals surface area contributed by atoms with Crippen LogP contribution in [0.15, 0.2) is 24.3 Å². The maximum Gasteiger partial charge on any atom is 0.224 e. The zero-order valence-electron chi connectivity index (χ0n) is 11.0. The van der Waals surface area contributed by atoms with Gasteiger partial charge in [0, 0.05) is 18.0 Å². The number of aliphatic hydroxyl groups excluding tert-OH is 1. The predicted molar refractivity (Wildman–Crippen MR) is 72.8 cm³/mol. The lowest BCUT2D eigenvalue weighted by Crippen LogP contribution is -2.37. The molecular weight excluding hydrogens is 242 g/mol. The number of phenolic OH excluding ortho intramolecular Hbond substituents is 1. The Kier molecular flexibility index (Phi) is 4.80. The van der Waals surface area contributed by atoms with Crippen LogP contribution in [-0.2, 0) is 11.2 Å². The zero-order chi connectivity index (χ0) is 13.7. The molecule has 0 bridgehead atoms. The van der Waals surface area contributed by atoms with Crippen LogP contribution < -0.4 is 5.32 Å². The molecule has 1 amide bonds. The van der Waals surface area contributed by atoms with Gasteiger partial charge in [-0.15, -0.1) is 0 Å². The molecule has 0 saturated heterocycles. The lowest BCUT2D eigenvalue weighted by atomic mass is 9.86. The second kappa shape index (κ2) is 6.57.